The Hall–Kier alpha value is -2.14. The lowest BCUT2D eigenvalue weighted by Crippen LogP contribution is -2.32. The minimum Gasteiger partial charge on any atom is -0.350 e. The van der Waals surface area contributed by atoms with E-state index in [0.29, 0.717) is 16.8 Å². The lowest BCUT2D eigenvalue weighted by atomic mass is 10.1. The Kier molecular flexibility index (Phi) is 6.15. The normalized spacial score (nSPS) is 11.7. The largest absolute Gasteiger partial charge is 0.350 e. The molecule has 0 fully saturated rings. The summed E-state index contributed by atoms with van der Waals surface area (Å²) in [4.78, 5) is 24.6. The van der Waals surface area contributed by atoms with Crippen molar-refractivity contribution in [1.82, 2.24) is 5.32 Å². The first kappa shape index (κ1) is 18.2. The molecule has 2 aromatic carbocycles. The number of rotatable bonds is 5. The number of hydrogen-bond acceptors (Lipinski definition) is 2. The molecule has 0 aliphatic carbocycles. The van der Waals surface area contributed by atoms with E-state index < -0.39 is 0 Å². The van der Waals surface area contributed by atoms with E-state index in [1.165, 1.54) is 0 Å². The molecule has 0 aromatic heterocycles. The number of carbonyl (C=O) groups excluding carboxylic acids is 2. The molecule has 24 heavy (non-hydrogen) atoms. The van der Waals surface area contributed by atoms with Crippen molar-refractivity contribution >= 4 is 33.4 Å². The Morgan fingerprint density at radius 1 is 1.08 bits per heavy atom. The highest BCUT2D eigenvalue weighted by molar-refractivity contribution is 9.10. The van der Waals surface area contributed by atoms with Gasteiger partial charge in [0.15, 0.2) is 0 Å². The Morgan fingerprint density at radius 3 is 2.38 bits per heavy atom. The highest BCUT2D eigenvalue weighted by atomic mass is 79.9. The molecule has 0 saturated heterocycles. The molecule has 2 amide bonds. The van der Waals surface area contributed by atoms with Crippen LogP contribution in [-0.2, 0) is 0 Å². The van der Waals surface area contributed by atoms with Gasteiger partial charge in [0.25, 0.3) is 11.8 Å². The number of halogens is 1. The van der Waals surface area contributed by atoms with Gasteiger partial charge in [0.1, 0.15) is 0 Å². The van der Waals surface area contributed by atoms with Crippen LogP contribution < -0.4 is 10.6 Å². The number of nitrogens with one attached hydrogen (secondary N) is 2. The maximum absolute atomic E-state index is 12.4. The fourth-order valence-electron chi connectivity index (χ4n) is 2.08. The topological polar surface area (TPSA) is 58.2 Å². The molecule has 1 unspecified atom stereocenters. The van der Waals surface area contributed by atoms with Crippen molar-refractivity contribution in [2.45, 2.75) is 33.2 Å². The van der Waals surface area contributed by atoms with E-state index in [9.17, 15) is 9.59 Å². The van der Waals surface area contributed by atoms with Crippen LogP contribution in [0.4, 0.5) is 5.69 Å². The predicted octanol–water partition coefficient (Wildman–Crippen LogP) is 4.54. The molecule has 5 heteroatoms. The second kappa shape index (κ2) is 8.11. The highest BCUT2D eigenvalue weighted by Crippen LogP contribution is 2.21. The molecule has 0 spiro atoms. The van der Waals surface area contributed by atoms with Crippen molar-refractivity contribution in [3.8, 4) is 0 Å². The van der Waals surface area contributed by atoms with Crippen molar-refractivity contribution in [3.63, 3.8) is 0 Å². The van der Waals surface area contributed by atoms with Crippen molar-refractivity contribution in [3.05, 3.63) is 63.6 Å². The van der Waals surface area contributed by atoms with Crippen LogP contribution in [0.1, 0.15) is 46.5 Å². The zero-order valence-corrected chi connectivity index (χ0v) is 15.6. The van der Waals surface area contributed by atoms with E-state index >= 15 is 0 Å². The Bertz CT molecular complexity index is 759. The average molecular weight is 389 g/mol. The van der Waals surface area contributed by atoms with Gasteiger partial charge < -0.3 is 10.6 Å². The maximum atomic E-state index is 12.4. The number of carbonyl (C=O) groups is 2. The van der Waals surface area contributed by atoms with Crippen LogP contribution in [0.25, 0.3) is 0 Å². The molecule has 0 bridgehead atoms. The zero-order chi connectivity index (χ0) is 17.7. The molecule has 0 radical (unpaired) electrons. The zero-order valence-electron chi connectivity index (χ0n) is 14.0. The van der Waals surface area contributed by atoms with E-state index in [0.717, 1.165) is 16.5 Å². The van der Waals surface area contributed by atoms with Crippen LogP contribution in [0.5, 0.6) is 0 Å². The summed E-state index contributed by atoms with van der Waals surface area (Å²) in [7, 11) is 0. The van der Waals surface area contributed by atoms with Gasteiger partial charge in [-0.2, -0.15) is 0 Å². The quantitative estimate of drug-likeness (QED) is 0.789. The van der Waals surface area contributed by atoms with Gasteiger partial charge in [0.05, 0.1) is 0 Å². The van der Waals surface area contributed by atoms with Gasteiger partial charge in [-0.05, 0) is 56.2 Å². The van der Waals surface area contributed by atoms with Crippen LogP contribution in [0.15, 0.2) is 46.9 Å². The molecule has 0 heterocycles. The fraction of sp³-hybridized carbons (Fsp3) is 0.263. The molecule has 2 aromatic rings. The molecular weight excluding hydrogens is 368 g/mol. The van der Waals surface area contributed by atoms with Gasteiger partial charge >= 0.3 is 0 Å². The Labute approximate surface area is 150 Å². The lowest BCUT2D eigenvalue weighted by Gasteiger charge is -2.12. The SMILES string of the molecule is CCC(C)NC(=O)c1cccc(C(=O)Nc2ccc(C)c(Br)c2)c1. The van der Waals surface area contributed by atoms with Crippen molar-refractivity contribution in [1.29, 1.82) is 0 Å². The molecule has 2 N–H and O–H groups in total. The fourth-order valence-corrected chi connectivity index (χ4v) is 2.46. The van der Waals surface area contributed by atoms with Crippen molar-refractivity contribution in [2.75, 3.05) is 5.32 Å². The van der Waals surface area contributed by atoms with Gasteiger partial charge in [-0.3, -0.25) is 9.59 Å². The van der Waals surface area contributed by atoms with Crippen LogP contribution in [0.3, 0.4) is 0 Å². The third kappa shape index (κ3) is 4.68. The average Bonchev–Trinajstić information content (AvgIpc) is 2.58. The van der Waals surface area contributed by atoms with E-state index in [2.05, 4.69) is 26.6 Å². The molecule has 126 valence electrons. The lowest BCUT2D eigenvalue weighted by molar-refractivity contribution is 0.0939. The van der Waals surface area contributed by atoms with Crippen LogP contribution in [0, 0.1) is 6.92 Å². The summed E-state index contributed by atoms with van der Waals surface area (Å²) in [6.07, 6.45) is 0.855. The first-order valence-electron chi connectivity index (χ1n) is 7.89. The number of amides is 2. The molecule has 1 atom stereocenters. The third-order valence-corrected chi connectivity index (χ3v) is 4.66. The summed E-state index contributed by atoms with van der Waals surface area (Å²) in [5.41, 5.74) is 2.72. The summed E-state index contributed by atoms with van der Waals surface area (Å²) in [5.74, 6) is -0.416. The number of hydrogen-bond donors (Lipinski definition) is 2. The van der Waals surface area contributed by atoms with E-state index in [1.54, 1.807) is 24.3 Å². The van der Waals surface area contributed by atoms with Crippen LogP contribution >= 0.6 is 15.9 Å². The minimum atomic E-state index is -0.246. The van der Waals surface area contributed by atoms with Gasteiger partial charge in [0, 0.05) is 27.3 Å². The summed E-state index contributed by atoms with van der Waals surface area (Å²) < 4.78 is 0.932. The van der Waals surface area contributed by atoms with E-state index in [4.69, 9.17) is 0 Å². The van der Waals surface area contributed by atoms with Crippen molar-refractivity contribution in [2.24, 2.45) is 0 Å². The molecule has 0 saturated carbocycles. The van der Waals surface area contributed by atoms with E-state index in [-0.39, 0.29) is 17.9 Å². The predicted molar refractivity (Wildman–Crippen MR) is 100 cm³/mol. The number of aryl methyl sites for hydroxylation is 1. The molecule has 0 aliphatic heterocycles. The second-order valence-electron chi connectivity index (χ2n) is 5.78. The molecule has 0 aliphatic rings. The first-order chi connectivity index (χ1) is 11.4. The van der Waals surface area contributed by atoms with Gasteiger partial charge in [-0.1, -0.05) is 35.0 Å². The Morgan fingerprint density at radius 2 is 1.75 bits per heavy atom. The Balaban J connectivity index is 2.13. The van der Waals surface area contributed by atoms with Crippen LogP contribution in [-0.4, -0.2) is 17.9 Å². The number of benzene rings is 2. The second-order valence-corrected chi connectivity index (χ2v) is 6.64. The molecule has 2 rings (SSSR count). The molecule has 4 nitrogen and oxygen atoms in total. The summed E-state index contributed by atoms with van der Waals surface area (Å²) in [5, 5.41) is 5.74. The van der Waals surface area contributed by atoms with E-state index in [1.807, 2.05) is 39.0 Å². The standard InChI is InChI=1S/C19H21BrN2O2/c1-4-13(3)21-18(23)14-6-5-7-15(10-14)19(24)22-16-9-8-12(2)17(20)11-16/h5-11,13H,4H2,1-3H3,(H,21,23)(H,22,24). The van der Waals surface area contributed by atoms with Crippen LogP contribution in [0.2, 0.25) is 0 Å². The van der Waals surface area contributed by atoms with Crippen molar-refractivity contribution < 1.29 is 9.59 Å². The third-order valence-electron chi connectivity index (χ3n) is 3.81. The number of anilines is 1. The van der Waals surface area contributed by atoms with Gasteiger partial charge in [0.2, 0.25) is 0 Å². The maximum Gasteiger partial charge on any atom is 0.255 e. The van der Waals surface area contributed by atoms with Gasteiger partial charge in [-0.15, -0.1) is 0 Å². The minimum absolute atomic E-state index is 0.0971. The monoisotopic (exact) mass is 388 g/mol. The summed E-state index contributed by atoms with van der Waals surface area (Å²) >= 11 is 3.45. The smallest absolute Gasteiger partial charge is 0.255 e. The van der Waals surface area contributed by atoms with Gasteiger partial charge in [-0.25, -0.2) is 0 Å². The highest BCUT2D eigenvalue weighted by Gasteiger charge is 2.12. The molecular formula is C19H21BrN2O2. The summed E-state index contributed by atoms with van der Waals surface area (Å²) in [6, 6.07) is 12.4. The summed E-state index contributed by atoms with van der Waals surface area (Å²) in [6.45, 7) is 5.94. The first-order valence-corrected chi connectivity index (χ1v) is 8.68.